The molecule has 1 amide bonds. The van der Waals surface area contributed by atoms with E-state index in [1.807, 2.05) is 12.1 Å². The molecule has 21 heavy (non-hydrogen) atoms. The van der Waals surface area contributed by atoms with E-state index < -0.39 is 0 Å². The summed E-state index contributed by atoms with van der Waals surface area (Å²) in [6, 6.07) is 5.77. The summed E-state index contributed by atoms with van der Waals surface area (Å²) in [7, 11) is 0. The molecular weight excluding hydrogens is 268 g/mol. The molecule has 2 aromatic rings. The van der Waals surface area contributed by atoms with E-state index in [0.717, 1.165) is 5.56 Å². The molecule has 7 nitrogen and oxygen atoms in total. The first-order valence-corrected chi connectivity index (χ1v) is 6.50. The molecule has 2 rings (SSSR count). The summed E-state index contributed by atoms with van der Waals surface area (Å²) in [4.78, 5) is 18.0. The summed E-state index contributed by atoms with van der Waals surface area (Å²) in [5.74, 6) is -0.114. The number of nitriles is 1. The fourth-order valence-electron chi connectivity index (χ4n) is 1.89. The average molecular weight is 284 g/mol. The van der Waals surface area contributed by atoms with Crippen LogP contribution >= 0.6 is 0 Å². The largest absolute Gasteiger partial charge is 0.396 e. The van der Waals surface area contributed by atoms with Gasteiger partial charge in [-0.2, -0.15) is 10.4 Å². The summed E-state index contributed by atoms with van der Waals surface area (Å²) in [5, 5.41) is 12.7. The molecule has 0 aliphatic heterocycles. The van der Waals surface area contributed by atoms with Gasteiger partial charge in [-0.25, -0.2) is 0 Å². The molecule has 2 aromatic heterocycles. The second-order valence-corrected chi connectivity index (χ2v) is 4.56. The molecule has 0 saturated carbocycles. The first-order valence-electron chi connectivity index (χ1n) is 6.50. The third-order valence-electron chi connectivity index (χ3n) is 2.89. The lowest BCUT2D eigenvalue weighted by Gasteiger charge is -2.21. The number of rotatable bonds is 6. The third kappa shape index (κ3) is 4.31. The van der Waals surface area contributed by atoms with Crippen LogP contribution in [0.15, 0.2) is 36.9 Å². The van der Waals surface area contributed by atoms with Crippen LogP contribution in [0.2, 0.25) is 0 Å². The Morgan fingerprint density at radius 2 is 2.33 bits per heavy atom. The lowest BCUT2D eigenvalue weighted by molar-refractivity contribution is -0.132. The molecule has 0 radical (unpaired) electrons. The molecule has 0 fully saturated rings. The van der Waals surface area contributed by atoms with Crippen LogP contribution in [0, 0.1) is 11.3 Å². The number of carbonyl (C=O) groups excluding carboxylic acids is 1. The fraction of sp³-hybridized carbons (Fsp3) is 0.286. The zero-order valence-electron chi connectivity index (χ0n) is 11.5. The quantitative estimate of drug-likeness (QED) is 0.845. The van der Waals surface area contributed by atoms with Crippen LogP contribution in [-0.4, -0.2) is 32.1 Å². The number of aromatic nitrogens is 3. The van der Waals surface area contributed by atoms with Gasteiger partial charge in [-0.3, -0.25) is 14.5 Å². The number of amides is 1. The van der Waals surface area contributed by atoms with Crippen LogP contribution in [0.1, 0.15) is 12.0 Å². The van der Waals surface area contributed by atoms with Gasteiger partial charge >= 0.3 is 0 Å². The van der Waals surface area contributed by atoms with E-state index in [1.165, 1.54) is 10.9 Å². The van der Waals surface area contributed by atoms with Crippen molar-refractivity contribution < 1.29 is 4.79 Å². The van der Waals surface area contributed by atoms with Crippen molar-refractivity contribution in [2.75, 3.05) is 12.3 Å². The summed E-state index contributed by atoms with van der Waals surface area (Å²) in [5.41, 5.74) is 7.01. The van der Waals surface area contributed by atoms with Crippen molar-refractivity contribution in [2.24, 2.45) is 0 Å². The molecule has 0 aliphatic carbocycles. The number of nitrogen functional groups attached to an aromatic ring is 1. The lowest BCUT2D eigenvalue weighted by atomic mass is 10.2. The summed E-state index contributed by atoms with van der Waals surface area (Å²) in [6.07, 6.45) is 6.77. The van der Waals surface area contributed by atoms with Crippen molar-refractivity contribution in [1.82, 2.24) is 19.7 Å². The second kappa shape index (κ2) is 7.05. The number of anilines is 1. The van der Waals surface area contributed by atoms with Crippen LogP contribution in [0.5, 0.6) is 0 Å². The number of nitrogens with two attached hydrogens (primary N) is 1. The zero-order chi connectivity index (χ0) is 15.1. The van der Waals surface area contributed by atoms with Crippen LogP contribution in [0.25, 0.3) is 0 Å². The highest BCUT2D eigenvalue weighted by Crippen LogP contribution is 2.06. The molecule has 108 valence electrons. The number of hydrogen-bond acceptors (Lipinski definition) is 5. The minimum absolute atomic E-state index is 0.100. The smallest absolute Gasteiger partial charge is 0.244 e. The summed E-state index contributed by atoms with van der Waals surface area (Å²) < 4.78 is 1.49. The molecule has 0 aromatic carbocycles. The Kier molecular flexibility index (Phi) is 4.88. The van der Waals surface area contributed by atoms with E-state index in [0.29, 0.717) is 18.8 Å². The van der Waals surface area contributed by atoms with E-state index in [-0.39, 0.29) is 18.9 Å². The number of pyridine rings is 1. The van der Waals surface area contributed by atoms with Gasteiger partial charge in [0, 0.05) is 31.7 Å². The molecule has 2 heterocycles. The van der Waals surface area contributed by atoms with E-state index in [4.69, 9.17) is 11.0 Å². The van der Waals surface area contributed by atoms with Crippen molar-refractivity contribution in [3.05, 3.63) is 42.5 Å². The van der Waals surface area contributed by atoms with Gasteiger partial charge in [0.15, 0.2) is 0 Å². The average Bonchev–Trinajstić information content (AvgIpc) is 2.89. The predicted molar refractivity (Wildman–Crippen MR) is 76.5 cm³/mol. The fourth-order valence-corrected chi connectivity index (χ4v) is 1.89. The Labute approximate surface area is 122 Å². The molecular formula is C14H16N6O. The minimum atomic E-state index is -0.114. The third-order valence-corrected chi connectivity index (χ3v) is 2.89. The topological polar surface area (TPSA) is 101 Å². The molecule has 7 heteroatoms. The van der Waals surface area contributed by atoms with Gasteiger partial charge in [-0.15, -0.1) is 0 Å². The van der Waals surface area contributed by atoms with E-state index in [9.17, 15) is 4.79 Å². The van der Waals surface area contributed by atoms with Crippen LogP contribution in [0.3, 0.4) is 0 Å². The van der Waals surface area contributed by atoms with Gasteiger partial charge in [0.25, 0.3) is 0 Å². The molecule has 0 aliphatic rings. The van der Waals surface area contributed by atoms with Gasteiger partial charge in [-0.1, -0.05) is 6.07 Å². The molecule has 0 saturated heterocycles. The Hall–Kier alpha value is -2.88. The van der Waals surface area contributed by atoms with Crippen molar-refractivity contribution in [3.63, 3.8) is 0 Å². The predicted octanol–water partition coefficient (Wildman–Crippen LogP) is 0.803. The van der Waals surface area contributed by atoms with Crippen molar-refractivity contribution in [3.8, 4) is 6.07 Å². The maximum Gasteiger partial charge on any atom is 0.244 e. The maximum atomic E-state index is 12.3. The Bertz CT molecular complexity index is 630. The van der Waals surface area contributed by atoms with Crippen molar-refractivity contribution >= 4 is 11.6 Å². The molecule has 2 N–H and O–H groups in total. The number of nitrogens with zero attached hydrogens (tertiary/aromatic N) is 5. The minimum Gasteiger partial charge on any atom is -0.396 e. The second-order valence-electron chi connectivity index (χ2n) is 4.56. The van der Waals surface area contributed by atoms with Crippen molar-refractivity contribution in [1.29, 1.82) is 5.26 Å². The number of carbonyl (C=O) groups is 1. The van der Waals surface area contributed by atoms with Crippen LogP contribution in [0.4, 0.5) is 5.69 Å². The number of hydrogen-bond donors (Lipinski definition) is 1. The maximum absolute atomic E-state index is 12.3. The Morgan fingerprint density at radius 3 is 2.95 bits per heavy atom. The van der Waals surface area contributed by atoms with E-state index >= 15 is 0 Å². The highest BCUT2D eigenvalue weighted by Gasteiger charge is 2.15. The van der Waals surface area contributed by atoms with Gasteiger partial charge < -0.3 is 10.6 Å². The normalized spacial score (nSPS) is 10.0. The lowest BCUT2D eigenvalue weighted by Crippen LogP contribution is -2.34. The molecule has 0 spiro atoms. The molecule has 0 bridgehead atoms. The monoisotopic (exact) mass is 284 g/mol. The summed E-state index contributed by atoms with van der Waals surface area (Å²) in [6.45, 7) is 0.898. The van der Waals surface area contributed by atoms with Crippen LogP contribution < -0.4 is 5.73 Å². The highest BCUT2D eigenvalue weighted by atomic mass is 16.2. The van der Waals surface area contributed by atoms with Gasteiger partial charge in [-0.05, 0) is 11.6 Å². The zero-order valence-corrected chi connectivity index (χ0v) is 11.5. The molecule has 0 unspecified atom stereocenters. The Balaban J connectivity index is 2.04. The standard InChI is InChI=1S/C14H16N6O/c15-4-2-6-19(9-12-3-1-5-17-7-12)14(21)11-20-10-13(16)8-18-20/h1,3,5,7-8,10H,2,6,9,11,16H2. The molecule has 0 atom stereocenters. The first-order chi connectivity index (χ1) is 10.2. The van der Waals surface area contributed by atoms with E-state index in [1.54, 1.807) is 23.5 Å². The summed E-state index contributed by atoms with van der Waals surface area (Å²) >= 11 is 0. The van der Waals surface area contributed by atoms with Gasteiger partial charge in [0.2, 0.25) is 5.91 Å². The Morgan fingerprint density at radius 1 is 1.48 bits per heavy atom. The van der Waals surface area contributed by atoms with Gasteiger partial charge in [0.1, 0.15) is 6.54 Å². The highest BCUT2D eigenvalue weighted by molar-refractivity contribution is 5.76. The van der Waals surface area contributed by atoms with Crippen molar-refractivity contribution in [2.45, 2.75) is 19.5 Å². The van der Waals surface area contributed by atoms with Gasteiger partial charge in [0.05, 0.1) is 24.4 Å². The SMILES string of the molecule is N#CCCN(Cc1cccnc1)C(=O)Cn1cc(N)cn1. The first kappa shape index (κ1) is 14.5. The van der Waals surface area contributed by atoms with Crippen LogP contribution in [-0.2, 0) is 17.9 Å². The van der Waals surface area contributed by atoms with E-state index in [2.05, 4.69) is 16.2 Å².